The first kappa shape index (κ1) is 18.0. The van der Waals surface area contributed by atoms with Crippen molar-refractivity contribution in [3.05, 3.63) is 24.2 Å². The van der Waals surface area contributed by atoms with Crippen molar-refractivity contribution in [1.82, 2.24) is 15.1 Å². The van der Waals surface area contributed by atoms with Gasteiger partial charge in [-0.2, -0.15) is 0 Å². The number of hydrogen-bond donors (Lipinski definition) is 1. The number of nitrogens with one attached hydrogen (secondary N) is 1. The molecule has 0 aliphatic carbocycles. The maximum Gasteiger partial charge on any atom is 0.243 e. The summed E-state index contributed by atoms with van der Waals surface area (Å²) in [5, 5.41) is 2.90. The van der Waals surface area contributed by atoms with E-state index in [2.05, 4.69) is 10.2 Å². The van der Waals surface area contributed by atoms with E-state index in [1.807, 2.05) is 13.0 Å². The van der Waals surface area contributed by atoms with E-state index >= 15 is 0 Å². The molecular formula is C19H29N3O3. The highest BCUT2D eigenvalue weighted by Crippen LogP contribution is 2.21. The summed E-state index contributed by atoms with van der Waals surface area (Å²) in [6.07, 6.45) is 8.03. The van der Waals surface area contributed by atoms with Crippen LogP contribution in [0.3, 0.4) is 0 Å². The number of hydrogen-bond acceptors (Lipinski definition) is 4. The lowest BCUT2D eigenvalue weighted by atomic mass is 10.1. The number of likely N-dealkylation sites (tertiary alicyclic amines) is 2. The average molecular weight is 347 g/mol. The summed E-state index contributed by atoms with van der Waals surface area (Å²) >= 11 is 0. The van der Waals surface area contributed by atoms with Crippen LogP contribution in [0.1, 0.15) is 51.2 Å². The zero-order valence-electron chi connectivity index (χ0n) is 15.1. The highest BCUT2D eigenvalue weighted by atomic mass is 16.3. The van der Waals surface area contributed by atoms with E-state index in [1.165, 1.54) is 12.8 Å². The third-order valence-electron chi connectivity index (χ3n) is 5.40. The van der Waals surface area contributed by atoms with Crippen molar-refractivity contribution in [2.45, 2.75) is 64.1 Å². The molecule has 6 nitrogen and oxygen atoms in total. The zero-order chi connectivity index (χ0) is 17.6. The van der Waals surface area contributed by atoms with Crippen LogP contribution in [0.25, 0.3) is 0 Å². The van der Waals surface area contributed by atoms with Crippen LogP contribution >= 0.6 is 0 Å². The molecule has 3 heterocycles. The molecule has 1 aromatic rings. The Labute approximate surface area is 149 Å². The summed E-state index contributed by atoms with van der Waals surface area (Å²) < 4.78 is 5.25. The quantitative estimate of drug-likeness (QED) is 0.886. The summed E-state index contributed by atoms with van der Waals surface area (Å²) in [5.41, 5.74) is 0. The lowest BCUT2D eigenvalue weighted by Crippen LogP contribution is -2.52. The molecule has 2 amide bonds. The van der Waals surface area contributed by atoms with E-state index in [9.17, 15) is 9.59 Å². The van der Waals surface area contributed by atoms with Gasteiger partial charge < -0.3 is 14.6 Å². The average Bonchev–Trinajstić information content (AvgIpc) is 3.25. The highest BCUT2D eigenvalue weighted by molar-refractivity contribution is 5.90. The maximum atomic E-state index is 13.0. The Balaban J connectivity index is 1.57. The Bertz CT molecular complexity index is 564. The summed E-state index contributed by atoms with van der Waals surface area (Å²) in [6, 6.07) is 3.14. The molecule has 0 spiro atoms. The summed E-state index contributed by atoms with van der Waals surface area (Å²) in [6.45, 7) is 5.00. The normalized spacial score (nSPS) is 23.2. The molecule has 2 aliphatic rings. The van der Waals surface area contributed by atoms with Crippen molar-refractivity contribution in [2.75, 3.05) is 19.6 Å². The van der Waals surface area contributed by atoms with Gasteiger partial charge in [-0.1, -0.05) is 12.8 Å². The fourth-order valence-electron chi connectivity index (χ4n) is 3.89. The van der Waals surface area contributed by atoms with Crippen molar-refractivity contribution in [3.8, 4) is 0 Å². The molecule has 1 aromatic heterocycles. The van der Waals surface area contributed by atoms with Crippen molar-refractivity contribution in [2.24, 2.45) is 0 Å². The topological polar surface area (TPSA) is 65.8 Å². The smallest absolute Gasteiger partial charge is 0.243 e. The monoisotopic (exact) mass is 347 g/mol. The van der Waals surface area contributed by atoms with Gasteiger partial charge in [0.2, 0.25) is 11.8 Å². The van der Waals surface area contributed by atoms with E-state index in [0.717, 1.165) is 44.5 Å². The molecule has 0 aromatic carbocycles. The first-order valence-corrected chi connectivity index (χ1v) is 9.51. The lowest BCUT2D eigenvalue weighted by Gasteiger charge is -2.32. The van der Waals surface area contributed by atoms with Crippen LogP contribution in [0.15, 0.2) is 22.8 Å². The van der Waals surface area contributed by atoms with Gasteiger partial charge in [-0.15, -0.1) is 0 Å². The summed E-state index contributed by atoms with van der Waals surface area (Å²) in [4.78, 5) is 29.6. The fraction of sp³-hybridized carbons (Fsp3) is 0.684. The van der Waals surface area contributed by atoms with E-state index in [4.69, 9.17) is 4.42 Å². The van der Waals surface area contributed by atoms with Gasteiger partial charge in [0.15, 0.2) is 0 Å². The molecule has 25 heavy (non-hydrogen) atoms. The second kappa shape index (κ2) is 8.52. The minimum atomic E-state index is -0.350. The molecule has 6 heteroatoms. The van der Waals surface area contributed by atoms with Crippen molar-refractivity contribution in [1.29, 1.82) is 0 Å². The molecule has 3 rings (SSSR count). The van der Waals surface area contributed by atoms with Crippen LogP contribution < -0.4 is 5.32 Å². The van der Waals surface area contributed by atoms with Gasteiger partial charge in [-0.05, 0) is 57.8 Å². The first-order chi connectivity index (χ1) is 12.2. The number of furan rings is 1. The van der Waals surface area contributed by atoms with Crippen molar-refractivity contribution in [3.63, 3.8) is 0 Å². The number of carbonyl (C=O) groups excluding carboxylic acids is 2. The number of amides is 2. The van der Waals surface area contributed by atoms with Gasteiger partial charge in [-0.3, -0.25) is 14.5 Å². The molecule has 0 saturated carbocycles. The number of nitrogens with zero attached hydrogens (tertiary/aromatic N) is 2. The molecule has 0 bridgehead atoms. The molecule has 2 fully saturated rings. The van der Waals surface area contributed by atoms with Gasteiger partial charge in [0.1, 0.15) is 11.8 Å². The van der Waals surface area contributed by atoms with Crippen LogP contribution in [0, 0.1) is 0 Å². The van der Waals surface area contributed by atoms with E-state index < -0.39 is 0 Å². The molecular weight excluding hydrogens is 318 g/mol. The first-order valence-electron chi connectivity index (χ1n) is 9.51. The summed E-state index contributed by atoms with van der Waals surface area (Å²) in [5.74, 6) is 0.741. The SMILES string of the molecule is C[C@H](C(=O)N1CCC[C@@H]1C(=O)NCc1ccco1)N1CCCCCC1. The zero-order valence-corrected chi connectivity index (χ0v) is 15.1. The minimum Gasteiger partial charge on any atom is -0.467 e. The molecule has 2 saturated heterocycles. The van der Waals surface area contributed by atoms with Crippen LogP contribution in [0.4, 0.5) is 0 Å². The Kier molecular flexibility index (Phi) is 6.13. The predicted octanol–water partition coefficient (Wildman–Crippen LogP) is 2.15. The van der Waals surface area contributed by atoms with Crippen LogP contribution in [0.5, 0.6) is 0 Å². The molecule has 0 radical (unpaired) electrons. The number of rotatable bonds is 5. The largest absolute Gasteiger partial charge is 0.467 e. The molecule has 138 valence electrons. The standard InChI is InChI=1S/C19H29N3O3/c1-15(21-10-4-2-3-5-11-21)19(24)22-12-6-9-17(22)18(23)20-14-16-8-7-13-25-16/h7-8,13,15,17H,2-6,9-12,14H2,1H3,(H,20,23)/t15-,17-/m1/s1. The Morgan fingerprint density at radius 2 is 1.96 bits per heavy atom. The molecule has 2 aliphatic heterocycles. The lowest BCUT2D eigenvalue weighted by molar-refractivity contribution is -0.142. The third-order valence-corrected chi connectivity index (χ3v) is 5.40. The Morgan fingerprint density at radius 1 is 1.20 bits per heavy atom. The van der Waals surface area contributed by atoms with Crippen LogP contribution in [-0.4, -0.2) is 53.3 Å². The van der Waals surface area contributed by atoms with E-state index in [-0.39, 0.29) is 23.9 Å². The van der Waals surface area contributed by atoms with Gasteiger partial charge in [-0.25, -0.2) is 0 Å². The molecule has 1 N–H and O–H groups in total. The highest BCUT2D eigenvalue weighted by Gasteiger charge is 2.37. The van der Waals surface area contributed by atoms with Crippen LogP contribution in [0.2, 0.25) is 0 Å². The maximum absolute atomic E-state index is 13.0. The van der Waals surface area contributed by atoms with E-state index in [0.29, 0.717) is 13.1 Å². The number of carbonyl (C=O) groups is 2. The predicted molar refractivity (Wildman–Crippen MR) is 94.8 cm³/mol. The van der Waals surface area contributed by atoms with Crippen molar-refractivity contribution >= 4 is 11.8 Å². The van der Waals surface area contributed by atoms with Gasteiger partial charge in [0.05, 0.1) is 18.8 Å². The molecule has 0 unspecified atom stereocenters. The van der Waals surface area contributed by atoms with E-state index in [1.54, 1.807) is 17.2 Å². The second-order valence-corrected chi connectivity index (χ2v) is 7.11. The Hall–Kier alpha value is -1.82. The fourth-order valence-corrected chi connectivity index (χ4v) is 3.89. The minimum absolute atomic E-state index is 0.0784. The van der Waals surface area contributed by atoms with Gasteiger partial charge in [0, 0.05) is 6.54 Å². The summed E-state index contributed by atoms with van der Waals surface area (Å²) in [7, 11) is 0. The second-order valence-electron chi connectivity index (χ2n) is 7.11. The Morgan fingerprint density at radius 3 is 2.64 bits per heavy atom. The molecule has 2 atom stereocenters. The van der Waals surface area contributed by atoms with Crippen molar-refractivity contribution < 1.29 is 14.0 Å². The van der Waals surface area contributed by atoms with Crippen LogP contribution in [-0.2, 0) is 16.1 Å². The van der Waals surface area contributed by atoms with Gasteiger partial charge >= 0.3 is 0 Å². The third kappa shape index (κ3) is 4.42. The van der Waals surface area contributed by atoms with Gasteiger partial charge in [0.25, 0.3) is 0 Å².